The molecule has 0 rings (SSSR count). The number of carbonyl (C=O) groups is 6. The zero-order chi connectivity index (χ0) is 29.4. The van der Waals surface area contributed by atoms with Crippen LogP contribution in [-0.2, 0) is 50.5 Å². The van der Waals surface area contributed by atoms with Gasteiger partial charge in [-0.1, -0.05) is 27.7 Å². The molecule has 0 bridgehead atoms. The van der Waals surface area contributed by atoms with Gasteiger partial charge in [0.2, 0.25) is 0 Å². The Labute approximate surface area is 236 Å². The third kappa shape index (κ3) is 30.4. The minimum atomic E-state index is -1.44. The summed E-state index contributed by atoms with van der Waals surface area (Å²) in [4.78, 5) is 66.6. The Bertz CT molecular complexity index is 562. The average molecular weight is 569 g/mol. The predicted octanol–water partition coefficient (Wildman–Crippen LogP) is 3.62. The molecule has 0 spiro atoms. The minimum absolute atomic E-state index is 0. The fourth-order valence-electron chi connectivity index (χ4n) is 2.47. The van der Waals surface area contributed by atoms with Crippen molar-refractivity contribution in [1.29, 1.82) is 0 Å². The summed E-state index contributed by atoms with van der Waals surface area (Å²) >= 11 is 0. The van der Waals surface area contributed by atoms with E-state index < -0.39 is 46.9 Å². The van der Waals surface area contributed by atoms with Gasteiger partial charge in [0.25, 0.3) is 0 Å². The number of carboxylic acids is 2. The van der Waals surface area contributed by atoms with E-state index in [4.69, 9.17) is 20.4 Å². The van der Waals surface area contributed by atoms with Crippen molar-refractivity contribution in [3.63, 3.8) is 0 Å². The summed E-state index contributed by atoms with van der Waals surface area (Å²) in [5, 5.41) is 33.6. The smallest absolute Gasteiger partial charge is 0.321 e. The number of carboxylic acid groups (broad SMARTS) is 2. The number of rotatable bonds is 14. The van der Waals surface area contributed by atoms with E-state index in [-0.39, 0.29) is 59.6 Å². The molecule has 0 aliphatic rings. The van der Waals surface area contributed by atoms with Crippen LogP contribution in [0.2, 0.25) is 0 Å². The van der Waals surface area contributed by atoms with Crippen LogP contribution in [0, 0.1) is 11.8 Å². The number of Topliss-reactive ketones (excluding diaryl/α,β-unsaturated/α-hetero) is 4. The fourth-order valence-corrected chi connectivity index (χ4v) is 2.47. The summed E-state index contributed by atoms with van der Waals surface area (Å²) < 4.78 is 0. The fraction of sp³-hybridized carbons (Fsp3) is 0.769. The van der Waals surface area contributed by atoms with Crippen LogP contribution in [0.25, 0.3) is 0 Å². The Balaban J connectivity index is -0.000000140. The first-order chi connectivity index (χ1) is 16.5. The van der Waals surface area contributed by atoms with Gasteiger partial charge in [0, 0.05) is 59.6 Å². The Hall–Kier alpha value is -1.75. The molecule has 216 valence electrons. The summed E-state index contributed by atoms with van der Waals surface area (Å²) in [6.07, 6.45) is 2.59. The molecule has 10 nitrogen and oxygen atoms in total. The van der Waals surface area contributed by atoms with E-state index in [1.807, 2.05) is 0 Å². The van der Waals surface area contributed by atoms with Crippen molar-refractivity contribution < 1.29 is 70.9 Å². The molecule has 0 aliphatic carbocycles. The molecule has 0 fully saturated rings. The van der Waals surface area contributed by atoms with E-state index in [0.29, 0.717) is 25.7 Å². The van der Waals surface area contributed by atoms with Crippen LogP contribution in [0.15, 0.2) is 0 Å². The zero-order valence-corrected chi connectivity index (χ0v) is 25.3. The Morgan fingerprint density at radius 3 is 0.703 bits per heavy atom. The van der Waals surface area contributed by atoms with Crippen molar-refractivity contribution in [2.45, 2.75) is 119 Å². The van der Waals surface area contributed by atoms with E-state index in [1.165, 1.54) is 0 Å². The molecular formula is C26H48O10Ti. The molecule has 0 amide bonds. The van der Waals surface area contributed by atoms with Gasteiger partial charge in [-0.05, 0) is 53.4 Å². The van der Waals surface area contributed by atoms with Crippen molar-refractivity contribution in [2.24, 2.45) is 11.8 Å². The van der Waals surface area contributed by atoms with Gasteiger partial charge >= 0.3 is 11.9 Å². The van der Waals surface area contributed by atoms with Gasteiger partial charge in [-0.25, -0.2) is 0 Å². The van der Waals surface area contributed by atoms with Gasteiger partial charge in [-0.3, -0.25) is 28.8 Å². The molecule has 0 saturated heterocycles. The molecule has 0 unspecified atom stereocenters. The number of hydrogen-bond donors (Lipinski definition) is 4. The van der Waals surface area contributed by atoms with Gasteiger partial charge in [0.1, 0.15) is 0 Å². The molecule has 0 aliphatic heterocycles. The quantitative estimate of drug-likeness (QED) is 0.178. The number of aliphatic carboxylic acids is 2. The summed E-state index contributed by atoms with van der Waals surface area (Å²) in [6, 6.07) is 0. The van der Waals surface area contributed by atoms with Crippen LogP contribution < -0.4 is 0 Å². The summed E-state index contributed by atoms with van der Waals surface area (Å²) in [6.45, 7) is 14.0. The van der Waals surface area contributed by atoms with Crippen molar-refractivity contribution in [2.75, 3.05) is 0 Å². The van der Waals surface area contributed by atoms with Crippen LogP contribution in [0.1, 0.15) is 107 Å². The van der Waals surface area contributed by atoms with E-state index in [2.05, 4.69) is 0 Å². The van der Waals surface area contributed by atoms with Gasteiger partial charge in [-0.15, -0.1) is 0 Å². The van der Waals surface area contributed by atoms with Gasteiger partial charge in [0.05, 0.1) is 0 Å². The molecule has 0 atom stereocenters. The summed E-state index contributed by atoms with van der Waals surface area (Å²) in [7, 11) is 0. The Morgan fingerprint density at radius 1 is 0.486 bits per heavy atom. The third-order valence-corrected chi connectivity index (χ3v) is 3.77. The van der Waals surface area contributed by atoms with Crippen LogP contribution in [0.5, 0.6) is 0 Å². The molecule has 11 heteroatoms. The van der Waals surface area contributed by atoms with Crippen LogP contribution in [0.3, 0.4) is 0 Å². The molecule has 4 N–H and O–H groups in total. The maximum atomic E-state index is 11.3. The second-order valence-electron chi connectivity index (χ2n) is 8.60. The van der Waals surface area contributed by atoms with Gasteiger partial charge in [0.15, 0.2) is 35.0 Å². The molecule has 0 heterocycles. The van der Waals surface area contributed by atoms with E-state index in [9.17, 15) is 28.8 Å². The molecule has 0 aromatic rings. The minimum Gasteiger partial charge on any atom is -0.480 e. The number of ketones is 4. The van der Waals surface area contributed by atoms with E-state index in [1.54, 1.807) is 55.4 Å². The molecular weight excluding hydrogens is 520 g/mol. The van der Waals surface area contributed by atoms with Crippen LogP contribution >= 0.6 is 0 Å². The Kier molecular flexibility index (Phi) is 35.2. The SMILES string of the molecule is CC(C)O.CC(C)O.CCCC(=O)C(C(=O)O)C(=O)CCC.CCCC(=O)C(C(=O)O)C(=O)CCC.[Ti]. The van der Waals surface area contributed by atoms with Gasteiger partial charge in [-0.2, -0.15) is 0 Å². The molecule has 0 aromatic carbocycles. The third-order valence-electron chi connectivity index (χ3n) is 3.77. The molecule has 0 aromatic heterocycles. The Morgan fingerprint density at radius 2 is 0.622 bits per heavy atom. The topological polar surface area (TPSA) is 183 Å². The second-order valence-corrected chi connectivity index (χ2v) is 8.60. The monoisotopic (exact) mass is 568 g/mol. The first-order valence-electron chi connectivity index (χ1n) is 12.5. The van der Waals surface area contributed by atoms with Crippen molar-refractivity contribution in [1.82, 2.24) is 0 Å². The zero-order valence-electron chi connectivity index (χ0n) is 23.7. The van der Waals surface area contributed by atoms with Gasteiger partial charge < -0.3 is 20.4 Å². The number of carbonyl (C=O) groups excluding carboxylic acids is 4. The number of aliphatic hydroxyl groups is 2. The van der Waals surface area contributed by atoms with E-state index >= 15 is 0 Å². The number of aliphatic hydroxyl groups excluding tert-OH is 2. The van der Waals surface area contributed by atoms with E-state index in [0.717, 1.165) is 0 Å². The maximum absolute atomic E-state index is 11.3. The van der Waals surface area contributed by atoms with Crippen molar-refractivity contribution in [3.8, 4) is 0 Å². The second kappa shape index (κ2) is 28.8. The first-order valence-corrected chi connectivity index (χ1v) is 12.5. The normalized spacial score (nSPS) is 9.68. The van der Waals surface area contributed by atoms with Crippen LogP contribution in [0.4, 0.5) is 0 Å². The predicted molar refractivity (Wildman–Crippen MR) is 137 cm³/mol. The first kappa shape index (κ1) is 45.2. The summed E-state index contributed by atoms with van der Waals surface area (Å²) in [5.74, 6) is -7.40. The molecule has 0 saturated carbocycles. The average Bonchev–Trinajstić information content (AvgIpc) is 2.68. The summed E-state index contributed by atoms with van der Waals surface area (Å²) in [5.41, 5.74) is 0. The van der Waals surface area contributed by atoms with Crippen LogP contribution in [-0.4, -0.2) is 67.7 Å². The molecule has 37 heavy (non-hydrogen) atoms. The number of hydrogen-bond acceptors (Lipinski definition) is 8. The maximum Gasteiger partial charge on any atom is 0.321 e. The molecule has 0 radical (unpaired) electrons. The largest absolute Gasteiger partial charge is 0.480 e. The standard InChI is InChI=1S/2C10H16O4.2C3H8O.Ti/c2*1-3-5-7(11)9(10(13)14)8(12)6-4-2;2*1-3(2)4;/h2*9H,3-6H2,1-2H3,(H,13,14);2*3-4H,1-2H3;. The van der Waals surface area contributed by atoms with Crippen molar-refractivity contribution in [3.05, 3.63) is 0 Å². The van der Waals surface area contributed by atoms with Crippen molar-refractivity contribution >= 4 is 35.1 Å².